The summed E-state index contributed by atoms with van der Waals surface area (Å²) in [7, 11) is 0. The zero-order valence-corrected chi connectivity index (χ0v) is 9.79. The Balaban J connectivity index is 1.99. The van der Waals surface area contributed by atoms with Crippen LogP contribution < -0.4 is 11.5 Å². The van der Waals surface area contributed by atoms with Crippen LogP contribution >= 0.6 is 11.8 Å². The molecule has 4 N–H and O–H groups in total. The van der Waals surface area contributed by atoms with Gasteiger partial charge in [-0.3, -0.25) is 4.79 Å². The van der Waals surface area contributed by atoms with Gasteiger partial charge in [-0.2, -0.15) is 0 Å². The maximum Gasteiger partial charge on any atom is 0.276 e. The lowest BCUT2D eigenvalue weighted by Crippen LogP contribution is -2.56. The van der Waals surface area contributed by atoms with E-state index in [1.54, 1.807) is 6.92 Å². The lowest BCUT2D eigenvalue weighted by Gasteiger charge is -2.24. The van der Waals surface area contributed by atoms with Crippen LogP contribution in [-0.4, -0.2) is 27.4 Å². The Labute approximate surface area is 97.1 Å². The molecule has 0 spiro atoms. The van der Waals surface area contributed by atoms with Crippen LogP contribution in [0, 0.1) is 12.8 Å². The first-order valence-corrected chi connectivity index (χ1v) is 6.02. The van der Waals surface area contributed by atoms with E-state index in [4.69, 9.17) is 15.9 Å². The Hall–Kier alpha value is -1.08. The molecule has 2 rings (SSSR count). The monoisotopic (exact) mass is 242 g/mol. The van der Waals surface area contributed by atoms with Gasteiger partial charge >= 0.3 is 0 Å². The van der Waals surface area contributed by atoms with Crippen molar-refractivity contribution in [3.63, 3.8) is 0 Å². The molecule has 1 amide bonds. The van der Waals surface area contributed by atoms with Crippen LogP contribution in [0.3, 0.4) is 0 Å². The highest BCUT2D eigenvalue weighted by atomic mass is 32.2. The molecule has 88 valence electrons. The molecule has 1 aromatic rings. The molecule has 1 aromatic heterocycles. The molecule has 7 heteroatoms. The summed E-state index contributed by atoms with van der Waals surface area (Å²) in [5.41, 5.74) is 10.4. The highest BCUT2D eigenvalue weighted by molar-refractivity contribution is 7.99. The maximum atomic E-state index is 11.3. The number of thioether (sulfide) groups is 1. The first-order valence-electron chi connectivity index (χ1n) is 5.04. The summed E-state index contributed by atoms with van der Waals surface area (Å²) in [6.07, 6.45) is 1.92. The molecule has 6 nitrogen and oxygen atoms in total. The fourth-order valence-corrected chi connectivity index (χ4v) is 2.52. The van der Waals surface area contributed by atoms with E-state index in [9.17, 15) is 4.79 Å². The van der Waals surface area contributed by atoms with Crippen molar-refractivity contribution < 1.29 is 9.21 Å². The average molecular weight is 242 g/mol. The van der Waals surface area contributed by atoms with Crippen molar-refractivity contribution in [1.29, 1.82) is 0 Å². The largest absolute Gasteiger partial charge is 0.416 e. The van der Waals surface area contributed by atoms with Crippen LogP contribution in [0.15, 0.2) is 9.64 Å². The van der Waals surface area contributed by atoms with Gasteiger partial charge in [-0.25, -0.2) is 0 Å². The van der Waals surface area contributed by atoms with E-state index >= 15 is 0 Å². The number of rotatable bonds is 5. The first kappa shape index (κ1) is 11.4. The molecule has 1 saturated carbocycles. The standard InChI is InChI=1S/C9H14N4O2S/c1-5-12-13-8(15-5)16-4-9(11,7(10)14)6-2-3-6/h6H,2-4,11H2,1H3,(H2,10,14). The van der Waals surface area contributed by atoms with Crippen molar-refractivity contribution in [1.82, 2.24) is 10.2 Å². The van der Waals surface area contributed by atoms with E-state index in [1.807, 2.05) is 0 Å². The zero-order valence-electron chi connectivity index (χ0n) is 8.97. The van der Waals surface area contributed by atoms with Gasteiger partial charge in [0.15, 0.2) is 0 Å². The molecule has 16 heavy (non-hydrogen) atoms. The molecule has 1 aliphatic rings. The molecule has 1 fully saturated rings. The second-order valence-corrected chi connectivity index (χ2v) is 4.98. The summed E-state index contributed by atoms with van der Waals surface area (Å²) in [4.78, 5) is 11.3. The maximum absolute atomic E-state index is 11.3. The number of primary amides is 1. The van der Waals surface area contributed by atoms with E-state index in [2.05, 4.69) is 10.2 Å². The number of amides is 1. The normalized spacial score (nSPS) is 19.4. The third kappa shape index (κ3) is 2.19. The smallest absolute Gasteiger partial charge is 0.276 e. The predicted molar refractivity (Wildman–Crippen MR) is 58.6 cm³/mol. The second-order valence-electron chi connectivity index (χ2n) is 4.05. The fourth-order valence-electron chi connectivity index (χ4n) is 1.51. The molecule has 1 heterocycles. The summed E-state index contributed by atoms with van der Waals surface area (Å²) in [5, 5.41) is 7.95. The van der Waals surface area contributed by atoms with E-state index in [-0.39, 0.29) is 5.92 Å². The molecule has 0 saturated heterocycles. The summed E-state index contributed by atoms with van der Waals surface area (Å²) in [6.45, 7) is 1.71. The Morgan fingerprint density at radius 2 is 2.31 bits per heavy atom. The molecule has 1 unspecified atom stereocenters. The van der Waals surface area contributed by atoms with Crippen molar-refractivity contribution >= 4 is 17.7 Å². The quantitative estimate of drug-likeness (QED) is 0.707. The minimum atomic E-state index is -0.951. The van der Waals surface area contributed by atoms with Crippen molar-refractivity contribution in [2.45, 2.75) is 30.5 Å². The molecule has 0 aromatic carbocycles. The minimum absolute atomic E-state index is 0.196. The summed E-state index contributed by atoms with van der Waals surface area (Å²) in [6, 6.07) is 0. The molecule has 0 radical (unpaired) electrons. The summed E-state index contributed by atoms with van der Waals surface area (Å²) >= 11 is 1.28. The summed E-state index contributed by atoms with van der Waals surface area (Å²) < 4.78 is 5.19. The number of hydrogen-bond acceptors (Lipinski definition) is 6. The number of nitrogens with zero attached hydrogens (tertiary/aromatic N) is 2. The Bertz CT molecular complexity index is 404. The zero-order chi connectivity index (χ0) is 11.8. The van der Waals surface area contributed by atoms with Crippen molar-refractivity contribution in [3.8, 4) is 0 Å². The van der Waals surface area contributed by atoms with Gasteiger partial charge < -0.3 is 15.9 Å². The molecular formula is C9H14N4O2S. The van der Waals surface area contributed by atoms with Gasteiger partial charge in [-0.05, 0) is 18.8 Å². The van der Waals surface area contributed by atoms with Crippen LogP contribution in [0.25, 0.3) is 0 Å². The third-order valence-electron chi connectivity index (χ3n) is 2.71. The summed E-state index contributed by atoms with van der Waals surface area (Å²) in [5.74, 6) is 0.616. The number of aromatic nitrogens is 2. The topological polar surface area (TPSA) is 108 Å². The molecular weight excluding hydrogens is 228 g/mol. The molecule has 1 aliphatic carbocycles. The molecule has 0 bridgehead atoms. The number of aryl methyl sites for hydroxylation is 1. The van der Waals surface area contributed by atoms with Crippen LogP contribution in [-0.2, 0) is 4.79 Å². The van der Waals surface area contributed by atoms with Crippen molar-refractivity contribution in [2.24, 2.45) is 17.4 Å². The second kappa shape index (κ2) is 4.06. The lowest BCUT2D eigenvalue weighted by atomic mass is 9.96. The average Bonchev–Trinajstić information content (AvgIpc) is 2.99. The van der Waals surface area contributed by atoms with Crippen LogP contribution in [0.1, 0.15) is 18.7 Å². The van der Waals surface area contributed by atoms with Crippen LogP contribution in [0.2, 0.25) is 0 Å². The Morgan fingerprint density at radius 1 is 1.62 bits per heavy atom. The Kier molecular flexibility index (Phi) is 2.90. The Morgan fingerprint density at radius 3 is 2.75 bits per heavy atom. The third-order valence-corrected chi connectivity index (χ3v) is 3.74. The number of carbonyl (C=O) groups is 1. The highest BCUT2D eigenvalue weighted by Crippen LogP contribution is 2.40. The lowest BCUT2D eigenvalue weighted by molar-refractivity contribution is -0.123. The molecule has 0 aliphatic heterocycles. The van der Waals surface area contributed by atoms with Gasteiger partial charge in [-0.1, -0.05) is 11.8 Å². The van der Waals surface area contributed by atoms with E-state index in [0.29, 0.717) is 16.9 Å². The van der Waals surface area contributed by atoms with Gasteiger partial charge in [0, 0.05) is 12.7 Å². The van der Waals surface area contributed by atoms with Gasteiger partial charge in [0.25, 0.3) is 5.22 Å². The number of carbonyl (C=O) groups excluding carboxylic acids is 1. The van der Waals surface area contributed by atoms with E-state index < -0.39 is 11.4 Å². The van der Waals surface area contributed by atoms with Gasteiger partial charge in [0.05, 0.1) is 0 Å². The van der Waals surface area contributed by atoms with Crippen molar-refractivity contribution in [2.75, 3.05) is 5.75 Å². The predicted octanol–water partition coefficient (Wildman–Crippen LogP) is 0.0629. The van der Waals surface area contributed by atoms with Gasteiger partial charge in [0.2, 0.25) is 11.8 Å². The number of hydrogen-bond donors (Lipinski definition) is 2. The van der Waals surface area contributed by atoms with Gasteiger partial charge in [0.1, 0.15) is 5.54 Å². The van der Waals surface area contributed by atoms with Crippen LogP contribution in [0.4, 0.5) is 0 Å². The SMILES string of the molecule is Cc1nnc(SCC(N)(C(N)=O)C2CC2)o1. The fraction of sp³-hybridized carbons (Fsp3) is 0.667. The highest BCUT2D eigenvalue weighted by Gasteiger charge is 2.47. The minimum Gasteiger partial charge on any atom is -0.416 e. The molecule has 1 atom stereocenters. The van der Waals surface area contributed by atoms with E-state index in [0.717, 1.165) is 12.8 Å². The van der Waals surface area contributed by atoms with Crippen LogP contribution in [0.5, 0.6) is 0 Å². The van der Waals surface area contributed by atoms with Gasteiger partial charge in [-0.15, -0.1) is 10.2 Å². The number of nitrogens with two attached hydrogens (primary N) is 2. The first-order chi connectivity index (χ1) is 7.52. The van der Waals surface area contributed by atoms with Crippen molar-refractivity contribution in [3.05, 3.63) is 5.89 Å². The van der Waals surface area contributed by atoms with E-state index in [1.165, 1.54) is 11.8 Å².